The average molecular weight is 315 g/mol. The van der Waals surface area contributed by atoms with E-state index in [2.05, 4.69) is 27.3 Å². The molecule has 2 heterocycles. The summed E-state index contributed by atoms with van der Waals surface area (Å²) in [6.07, 6.45) is 4.01. The van der Waals surface area contributed by atoms with E-state index in [-0.39, 0.29) is 5.82 Å². The first-order chi connectivity index (χ1) is 11.1. The van der Waals surface area contributed by atoms with E-state index in [0.29, 0.717) is 12.4 Å². The van der Waals surface area contributed by atoms with Gasteiger partial charge in [-0.25, -0.2) is 0 Å². The van der Waals surface area contributed by atoms with Crippen LogP contribution in [0.25, 0.3) is 0 Å². The predicted molar refractivity (Wildman–Crippen MR) is 88.1 cm³/mol. The molecule has 1 fully saturated rings. The Kier molecular flexibility index (Phi) is 4.57. The number of hydrogen-bond donors (Lipinski definition) is 1. The van der Waals surface area contributed by atoms with Gasteiger partial charge >= 0.3 is 5.82 Å². The fourth-order valence-corrected chi connectivity index (χ4v) is 2.98. The predicted octanol–water partition coefficient (Wildman–Crippen LogP) is 2.54. The third kappa shape index (κ3) is 3.68. The molecule has 0 unspecified atom stereocenters. The molecular weight excluding hydrogens is 294 g/mol. The Balaban J connectivity index is 1.66. The summed E-state index contributed by atoms with van der Waals surface area (Å²) in [5.74, 6) is 0.292. The average Bonchev–Trinajstić information content (AvgIpc) is 3.15. The van der Waals surface area contributed by atoms with Crippen molar-refractivity contribution >= 4 is 11.6 Å². The van der Waals surface area contributed by atoms with Crippen molar-refractivity contribution in [3.05, 3.63) is 51.8 Å². The topological polar surface area (TPSA) is 76.2 Å². The largest absolute Gasteiger partial charge is 0.406 e. The van der Waals surface area contributed by atoms with Gasteiger partial charge in [-0.1, -0.05) is 24.3 Å². The first-order valence-electron chi connectivity index (χ1n) is 7.83. The zero-order valence-corrected chi connectivity index (χ0v) is 13.2. The fraction of sp³-hybridized carbons (Fsp3) is 0.438. The second kappa shape index (κ2) is 6.78. The quantitative estimate of drug-likeness (QED) is 0.655. The van der Waals surface area contributed by atoms with Crippen LogP contribution in [0.15, 0.2) is 30.6 Å². The minimum absolute atomic E-state index is 0.138. The highest BCUT2D eigenvalue weighted by Crippen LogP contribution is 2.22. The van der Waals surface area contributed by atoms with Crippen LogP contribution in [-0.2, 0) is 20.1 Å². The standard InChI is InChI=1S/C16H21N5O2/c1-19-12-18-16(21(22)23)15(19)17-10-13-5-4-6-14(9-13)11-20-7-2-3-8-20/h4-6,9,12,17H,2-3,7-8,10-11H2,1H3. The summed E-state index contributed by atoms with van der Waals surface area (Å²) in [6.45, 7) is 3.85. The molecule has 1 aromatic heterocycles. The number of nitrogens with one attached hydrogen (secondary N) is 1. The molecule has 0 bridgehead atoms. The van der Waals surface area contributed by atoms with Crippen molar-refractivity contribution in [3.63, 3.8) is 0 Å². The van der Waals surface area contributed by atoms with Crippen molar-refractivity contribution in [2.24, 2.45) is 7.05 Å². The normalized spacial score (nSPS) is 15.0. The van der Waals surface area contributed by atoms with Crippen molar-refractivity contribution in [1.82, 2.24) is 14.5 Å². The van der Waals surface area contributed by atoms with Crippen LogP contribution in [0.4, 0.5) is 11.6 Å². The molecule has 1 aliphatic heterocycles. The van der Waals surface area contributed by atoms with E-state index < -0.39 is 4.92 Å². The Hall–Kier alpha value is -2.41. The molecule has 0 aliphatic carbocycles. The lowest BCUT2D eigenvalue weighted by Gasteiger charge is -2.15. The Bertz CT molecular complexity index is 692. The molecule has 1 N–H and O–H groups in total. The molecule has 1 aromatic carbocycles. The zero-order valence-electron chi connectivity index (χ0n) is 13.2. The lowest BCUT2D eigenvalue weighted by Crippen LogP contribution is -2.18. The number of aryl methyl sites for hydroxylation is 1. The number of likely N-dealkylation sites (tertiary alicyclic amines) is 1. The summed E-state index contributed by atoms with van der Waals surface area (Å²) >= 11 is 0. The minimum atomic E-state index is -0.466. The molecule has 1 saturated heterocycles. The van der Waals surface area contributed by atoms with Gasteiger partial charge in [0.15, 0.2) is 0 Å². The van der Waals surface area contributed by atoms with E-state index >= 15 is 0 Å². The summed E-state index contributed by atoms with van der Waals surface area (Å²) in [4.78, 5) is 16.8. The third-order valence-corrected chi connectivity index (χ3v) is 4.15. The van der Waals surface area contributed by atoms with Crippen LogP contribution in [0.1, 0.15) is 24.0 Å². The SMILES string of the molecule is Cn1cnc([N+](=O)[O-])c1NCc1cccc(CN2CCCC2)c1. The molecule has 7 heteroatoms. The van der Waals surface area contributed by atoms with Crippen molar-refractivity contribution in [3.8, 4) is 0 Å². The van der Waals surface area contributed by atoms with Gasteiger partial charge in [0, 0.05) is 20.1 Å². The van der Waals surface area contributed by atoms with Crippen LogP contribution >= 0.6 is 0 Å². The van der Waals surface area contributed by atoms with E-state index in [4.69, 9.17) is 0 Å². The van der Waals surface area contributed by atoms with Gasteiger partial charge in [-0.2, -0.15) is 0 Å². The Labute approximate surface area is 135 Å². The van der Waals surface area contributed by atoms with Crippen molar-refractivity contribution in [2.45, 2.75) is 25.9 Å². The fourth-order valence-electron chi connectivity index (χ4n) is 2.98. The summed E-state index contributed by atoms with van der Waals surface area (Å²) in [5.41, 5.74) is 2.39. The minimum Gasteiger partial charge on any atom is -0.360 e. The van der Waals surface area contributed by atoms with Gasteiger partial charge in [-0.05, 0) is 47.0 Å². The Morgan fingerprint density at radius 3 is 2.78 bits per heavy atom. The highest BCUT2D eigenvalue weighted by atomic mass is 16.6. The highest BCUT2D eigenvalue weighted by Gasteiger charge is 2.19. The Morgan fingerprint density at radius 2 is 2.04 bits per heavy atom. The van der Waals surface area contributed by atoms with Gasteiger partial charge in [0.05, 0.1) is 0 Å². The molecule has 0 atom stereocenters. The van der Waals surface area contributed by atoms with E-state index in [9.17, 15) is 10.1 Å². The lowest BCUT2D eigenvalue weighted by atomic mass is 10.1. The molecule has 3 rings (SSSR count). The monoisotopic (exact) mass is 315 g/mol. The smallest absolute Gasteiger partial charge is 0.360 e. The van der Waals surface area contributed by atoms with Crippen molar-refractivity contribution < 1.29 is 4.92 Å². The number of aromatic nitrogens is 2. The summed E-state index contributed by atoms with van der Waals surface area (Å²) in [6, 6.07) is 8.37. The molecular formula is C16H21N5O2. The van der Waals surface area contributed by atoms with Crippen LogP contribution in [0.3, 0.4) is 0 Å². The van der Waals surface area contributed by atoms with E-state index in [1.165, 1.54) is 37.8 Å². The number of benzene rings is 1. The number of hydrogen-bond acceptors (Lipinski definition) is 5. The lowest BCUT2D eigenvalue weighted by molar-refractivity contribution is -0.388. The van der Waals surface area contributed by atoms with E-state index in [1.54, 1.807) is 11.6 Å². The number of rotatable bonds is 6. The van der Waals surface area contributed by atoms with E-state index in [1.807, 2.05) is 12.1 Å². The molecule has 0 radical (unpaired) electrons. The second-order valence-electron chi connectivity index (χ2n) is 5.94. The van der Waals surface area contributed by atoms with Crippen LogP contribution in [-0.4, -0.2) is 32.5 Å². The number of nitrogens with zero attached hydrogens (tertiary/aromatic N) is 4. The Morgan fingerprint density at radius 1 is 1.30 bits per heavy atom. The molecule has 0 spiro atoms. The van der Waals surface area contributed by atoms with Gasteiger partial charge in [-0.3, -0.25) is 9.47 Å². The molecule has 7 nitrogen and oxygen atoms in total. The maximum Gasteiger partial charge on any atom is 0.406 e. The molecule has 0 amide bonds. The number of anilines is 1. The second-order valence-corrected chi connectivity index (χ2v) is 5.94. The highest BCUT2D eigenvalue weighted by molar-refractivity contribution is 5.52. The first kappa shape index (κ1) is 15.5. The zero-order chi connectivity index (χ0) is 16.2. The van der Waals surface area contributed by atoms with Crippen molar-refractivity contribution in [2.75, 3.05) is 18.4 Å². The number of nitro groups is 1. The van der Waals surface area contributed by atoms with Crippen LogP contribution < -0.4 is 5.32 Å². The van der Waals surface area contributed by atoms with Gasteiger partial charge in [-0.15, -0.1) is 0 Å². The van der Waals surface area contributed by atoms with Crippen LogP contribution in [0.2, 0.25) is 0 Å². The van der Waals surface area contributed by atoms with E-state index in [0.717, 1.165) is 12.1 Å². The third-order valence-electron chi connectivity index (χ3n) is 4.15. The van der Waals surface area contributed by atoms with Crippen LogP contribution in [0.5, 0.6) is 0 Å². The van der Waals surface area contributed by atoms with Gasteiger partial charge in [0.25, 0.3) is 0 Å². The van der Waals surface area contributed by atoms with Gasteiger partial charge in [0.1, 0.15) is 0 Å². The maximum atomic E-state index is 11.0. The summed E-state index contributed by atoms with van der Waals surface area (Å²) in [5, 5.41) is 14.1. The molecule has 122 valence electrons. The summed E-state index contributed by atoms with van der Waals surface area (Å²) in [7, 11) is 1.74. The molecule has 1 aliphatic rings. The van der Waals surface area contributed by atoms with Crippen LogP contribution in [0, 0.1) is 10.1 Å². The van der Waals surface area contributed by atoms with Crippen molar-refractivity contribution in [1.29, 1.82) is 0 Å². The summed E-state index contributed by atoms with van der Waals surface area (Å²) < 4.78 is 1.63. The van der Waals surface area contributed by atoms with Gasteiger partial charge in [0.2, 0.25) is 12.1 Å². The maximum absolute atomic E-state index is 11.0. The van der Waals surface area contributed by atoms with Gasteiger partial charge < -0.3 is 15.4 Å². The molecule has 2 aromatic rings. The molecule has 23 heavy (non-hydrogen) atoms. The number of imidazole rings is 1. The molecule has 0 saturated carbocycles. The first-order valence-corrected chi connectivity index (χ1v) is 7.83.